The van der Waals surface area contributed by atoms with E-state index in [4.69, 9.17) is 0 Å². The molecule has 8 heteroatoms. The molecule has 0 unspecified atom stereocenters. The van der Waals surface area contributed by atoms with Gasteiger partial charge in [-0.05, 0) is 50.2 Å². The van der Waals surface area contributed by atoms with Gasteiger partial charge in [0.05, 0.1) is 22.8 Å². The third-order valence-electron chi connectivity index (χ3n) is 3.92. The summed E-state index contributed by atoms with van der Waals surface area (Å²) in [7, 11) is 0. The van der Waals surface area contributed by atoms with Gasteiger partial charge in [-0.15, -0.1) is 0 Å². The predicted molar refractivity (Wildman–Crippen MR) is 101 cm³/mol. The van der Waals surface area contributed by atoms with E-state index in [0.29, 0.717) is 11.4 Å². The van der Waals surface area contributed by atoms with Gasteiger partial charge in [-0.3, -0.25) is 0 Å². The van der Waals surface area contributed by atoms with Crippen LogP contribution in [0.25, 0.3) is 0 Å². The molecule has 0 radical (unpaired) electrons. The van der Waals surface area contributed by atoms with Crippen molar-refractivity contribution in [1.82, 2.24) is 4.98 Å². The van der Waals surface area contributed by atoms with Crippen LogP contribution >= 0.6 is 0 Å². The van der Waals surface area contributed by atoms with Gasteiger partial charge in [0.1, 0.15) is 11.4 Å². The summed E-state index contributed by atoms with van der Waals surface area (Å²) in [6.07, 6.45) is 0. The van der Waals surface area contributed by atoms with Crippen molar-refractivity contribution in [1.29, 1.82) is 0 Å². The molecule has 150 valence electrons. The van der Waals surface area contributed by atoms with Crippen LogP contribution in [-0.4, -0.2) is 16.4 Å². The van der Waals surface area contributed by atoms with Crippen LogP contribution in [0.3, 0.4) is 0 Å². The first-order valence-corrected chi connectivity index (χ1v) is 8.33. The van der Waals surface area contributed by atoms with Crippen LogP contribution in [0.15, 0.2) is 64.6 Å². The summed E-state index contributed by atoms with van der Waals surface area (Å²) < 4.78 is 55.2. The minimum absolute atomic E-state index is 0. The van der Waals surface area contributed by atoms with Crippen molar-refractivity contribution in [2.24, 2.45) is 9.98 Å². The molecule has 0 aliphatic rings. The van der Waals surface area contributed by atoms with E-state index in [9.17, 15) is 17.6 Å². The number of hydrogen-bond acceptors (Lipinski definition) is 3. The van der Waals surface area contributed by atoms with E-state index in [1.54, 1.807) is 32.0 Å². The second-order valence-corrected chi connectivity index (χ2v) is 5.94. The molecule has 0 N–H and O–H groups in total. The van der Waals surface area contributed by atoms with E-state index >= 15 is 0 Å². The summed E-state index contributed by atoms with van der Waals surface area (Å²) in [6.45, 7) is 3.11. The largest absolute Gasteiger partial charge is 0.245 e. The first-order chi connectivity index (χ1) is 13.4. The smallest absolute Gasteiger partial charge is 0.151 e. The Morgan fingerprint density at radius 3 is 1.28 bits per heavy atom. The molecule has 29 heavy (non-hydrogen) atoms. The summed E-state index contributed by atoms with van der Waals surface area (Å²) in [4.78, 5) is 12.3. The summed E-state index contributed by atoms with van der Waals surface area (Å²) in [5.74, 6) is -3.15. The van der Waals surface area contributed by atoms with E-state index in [2.05, 4.69) is 15.0 Å². The number of para-hydroxylation sites is 2. The van der Waals surface area contributed by atoms with Gasteiger partial charge in [0, 0.05) is 17.1 Å². The molecule has 3 rings (SSSR count). The second-order valence-electron chi connectivity index (χ2n) is 5.94. The number of aliphatic imine (C=N–C) groups is 2. The number of rotatable bonds is 4. The minimum atomic E-state index is -0.789. The van der Waals surface area contributed by atoms with E-state index in [1.165, 1.54) is 12.1 Å². The van der Waals surface area contributed by atoms with Gasteiger partial charge < -0.3 is 0 Å². The molecule has 2 aromatic carbocycles. The standard InChI is InChI=1S/C21H15F4N3.Fe/c1-12(26-20-14(22)6-3-7-15(20)23)18-10-5-11-19(28-18)13(2)27-21-16(24)8-4-9-17(21)25;/h3-11H,1-2H3;. The van der Waals surface area contributed by atoms with Crippen molar-refractivity contribution >= 4 is 22.8 Å². The Kier molecular flexibility index (Phi) is 7.42. The van der Waals surface area contributed by atoms with E-state index in [1.807, 2.05) is 0 Å². The van der Waals surface area contributed by atoms with Crippen LogP contribution in [0.5, 0.6) is 0 Å². The molecule has 0 amide bonds. The molecule has 0 atom stereocenters. The van der Waals surface area contributed by atoms with E-state index in [0.717, 1.165) is 24.3 Å². The molecular formula is C21H15F4FeN3. The number of pyridine rings is 1. The summed E-state index contributed by atoms with van der Waals surface area (Å²) in [6, 6.07) is 11.8. The van der Waals surface area contributed by atoms with E-state index in [-0.39, 0.29) is 28.5 Å². The first-order valence-electron chi connectivity index (χ1n) is 8.33. The van der Waals surface area contributed by atoms with Gasteiger partial charge in [0.25, 0.3) is 0 Å². The van der Waals surface area contributed by atoms with E-state index < -0.39 is 34.6 Å². The Balaban J connectivity index is 0.00000300. The molecule has 0 bridgehead atoms. The van der Waals surface area contributed by atoms with Crippen LogP contribution in [0.1, 0.15) is 25.2 Å². The summed E-state index contributed by atoms with van der Waals surface area (Å²) in [5.41, 5.74) is 0.427. The maximum Gasteiger partial charge on any atom is 0.151 e. The van der Waals surface area contributed by atoms with Crippen LogP contribution in [0, 0.1) is 23.3 Å². The Labute approximate surface area is 175 Å². The molecule has 3 aromatic rings. The van der Waals surface area contributed by atoms with Crippen LogP contribution in [0.2, 0.25) is 0 Å². The average molecular weight is 441 g/mol. The molecule has 0 saturated carbocycles. The van der Waals surface area contributed by atoms with Gasteiger partial charge in [-0.2, -0.15) is 0 Å². The second kappa shape index (κ2) is 9.58. The van der Waals surface area contributed by atoms with Crippen molar-refractivity contribution in [3.05, 3.63) is 89.3 Å². The Morgan fingerprint density at radius 1 is 0.621 bits per heavy atom. The zero-order chi connectivity index (χ0) is 20.3. The minimum Gasteiger partial charge on any atom is -0.245 e. The topological polar surface area (TPSA) is 37.6 Å². The van der Waals surface area contributed by atoms with Gasteiger partial charge >= 0.3 is 0 Å². The van der Waals surface area contributed by atoms with Gasteiger partial charge in [0.15, 0.2) is 23.3 Å². The number of halogens is 4. The summed E-state index contributed by atoms with van der Waals surface area (Å²) in [5, 5.41) is 0. The number of benzene rings is 2. The summed E-state index contributed by atoms with van der Waals surface area (Å²) >= 11 is 0. The van der Waals surface area contributed by atoms with Crippen molar-refractivity contribution in [2.75, 3.05) is 0 Å². The van der Waals surface area contributed by atoms with Gasteiger partial charge in [-0.25, -0.2) is 32.5 Å². The Bertz CT molecular complexity index is 974. The third kappa shape index (κ3) is 5.16. The average Bonchev–Trinajstić information content (AvgIpc) is 2.67. The quantitative estimate of drug-likeness (QED) is 0.282. The molecular weight excluding hydrogens is 426 g/mol. The third-order valence-corrected chi connectivity index (χ3v) is 3.92. The van der Waals surface area contributed by atoms with Crippen molar-refractivity contribution < 1.29 is 34.6 Å². The van der Waals surface area contributed by atoms with Crippen LogP contribution in [-0.2, 0) is 17.1 Å². The number of nitrogens with zero attached hydrogens (tertiary/aromatic N) is 3. The van der Waals surface area contributed by atoms with Gasteiger partial charge in [-0.1, -0.05) is 18.2 Å². The van der Waals surface area contributed by atoms with Crippen LogP contribution in [0.4, 0.5) is 28.9 Å². The van der Waals surface area contributed by atoms with Crippen molar-refractivity contribution in [2.45, 2.75) is 13.8 Å². The fourth-order valence-electron chi connectivity index (χ4n) is 2.48. The molecule has 1 heterocycles. The van der Waals surface area contributed by atoms with Gasteiger partial charge in [0.2, 0.25) is 0 Å². The molecule has 0 fully saturated rings. The zero-order valence-electron chi connectivity index (χ0n) is 15.4. The van der Waals surface area contributed by atoms with Crippen LogP contribution < -0.4 is 0 Å². The molecule has 0 saturated heterocycles. The zero-order valence-corrected chi connectivity index (χ0v) is 16.5. The fraction of sp³-hybridized carbons (Fsp3) is 0.0952. The molecule has 0 aliphatic heterocycles. The maximum atomic E-state index is 13.8. The number of hydrogen-bond donors (Lipinski definition) is 0. The fourth-order valence-corrected chi connectivity index (χ4v) is 2.48. The molecule has 0 aliphatic carbocycles. The SMILES string of the molecule is CC(=Nc1c(F)cccc1F)c1cccc(C(C)=Nc2c(F)cccc2F)n1.[Fe]. The molecule has 3 nitrogen and oxygen atoms in total. The monoisotopic (exact) mass is 441 g/mol. The number of aromatic nitrogens is 1. The molecule has 0 spiro atoms. The molecule has 1 aromatic heterocycles. The normalized spacial score (nSPS) is 11.9. The first kappa shape index (κ1) is 22.5. The van der Waals surface area contributed by atoms with Crippen molar-refractivity contribution in [3.63, 3.8) is 0 Å². The van der Waals surface area contributed by atoms with Crippen molar-refractivity contribution in [3.8, 4) is 0 Å². The maximum absolute atomic E-state index is 13.8. The Hall–Kier alpha value is -2.83. The Morgan fingerprint density at radius 2 is 0.931 bits per heavy atom. The predicted octanol–water partition coefficient (Wildman–Crippen LogP) is 5.92.